The van der Waals surface area contributed by atoms with Gasteiger partial charge in [-0.2, -0.15) is 0 Å². The van der Waals surface area contributed by atoms with Crippen LogP contribution < -0.4 is 20.7 Å². The third-order valence-electron chi connectivity index (χ3n) is 6.26. The number of nitrogens with zero attached hydrogens (tertiary/aromatic N) is 1. The Balaban J connectivity index is 1.31. The van der Waals surface area contributed by atoms with Crippen molar-refractivity contribution in [2.75, 3.05) is 27.2 Å². The van der Waals surface area contributed by atoms with E-state index in [1.807, 2.05) is 30.3 Å². The number of sulfonamides is 1. The first-order chi connectivity index (χ1) is 17.8. The summed E-state index contributed by atoms with van der Waals surface area (Å²) >= 11 is 0. The molecule has 1 aliphatic rings. The summed E-state index contributed by atoms with van der Waals surface area (Å²) < 4.78 is 41.4. The predicted molar refractivity (Wildman–Crippen MR) is 144 cm³/mol. The second-order valence-electron chi connectivity index (χ2n) is 8.69. The van der Waals surface area contributed by atoms with Crippen LogP contribution in [0.25, 0.3) is 0 Å². The highest BCUT2D eigenvalue weighted by Crippen LogP contribution is 2.39. The van der Waals surface area contributed by atoms with Gasteiger partial charge in [0.1, 0.15) is 5.82 Å². The first-order valence-corrected chi connectivity index (χ1v) is 13.2. The quantitative estimate of drug-likeness (QED) is 0.299. The number of amides is 1. The largest absolute Gasteiger partial charge is 0.397 e. The number of anilines is 4. The van der Waals surface area contributed by atoms with Gasteiger partial charge in [-0.1, -0.05) is 36.4 Å². The molecule has 0 bridgehead atoms. The maximum atomic E-state index is 13.4. The van der Waals surface area contributed by atoms with Gasteiger partial charge >= 0.3 is 0 Å². The van der Waals surface area contributed by atoms with E-state index in [9.17, 15) is 17.6 Å². The van der Waals surface area contributed by atoms with Crippen LogP contribution in [0.4, 0.5) is 27.1 Å². The van der Waals surface area contributed by atoms with Crippen molar-refractivity contribution in [1.82, 2.24) is 0 Å². The van der Waals surface area contributed by atoms with Crippen molar-refractivity contribution in [3.8, 4) is 0 Å². The Morgan fingerprint density at radius 1 is 0.892 bits per heavy atom. The number of carbonyl (C=O) groups is 1. The zero-order valence-corrected chi connectivity index (χ0v) is 20.6. The first kappa shape index (κ1) is 24.3. The van der Waals surface area contributed by atoms with Gasteiger partial charge in [0.15, 0.2) is 0 Å². The number of carbonyl (C=O) groups excluding carboxylic acids is 1. The van der Waals surface area contributed by atoms with Gasteiger partial charge in [0.25, 0.3) is 15.9 Å². The highest BCUT2D eigenvalue weighted by molar-refractivity contribution is 7.92. The van der Waals surface area contributed by atoms with Gasteiger partial charge in [-0.05, 0) is 72.1 Å². The van der Waals surface area contributed by atoms with Crippen molar-refractivity contribution in [1.29, 1.82) is 0 Å². The molecule has 5 rings (SSSR count). The van der Waals surface area contributed by atoms with Crippen LogP contribution in [0.15, 0.2) is 95.9 Å². The molecule has 9 heteroatoms. The summed E-state index contributed by atoms with van der Waals surface area (Å²) in [4.78, 5) is 12.6. The molecule has 37 heavy (non-hydrogen) atoms. The van der Waals surface area contributed by atoms with Crippen molar-refractivity contribution in [2.45, 2.75) is 17.9 Å². The SMILES string of the molecule is Nc1ccccc1NC(=O)c1ccc(CNc2cccc3c2N(S(=O)(=O)c2ccc(F)cc2)CC3)cc1. The minimum absolute atomic E-state index is 0.0441. The molecule has 7 nitrogen and oxygen atoms in total. The number of nitrogens with one attached hydrogen (secondary N) is 2. The van der Waals surface area contributed by atoms with E-state index in [4.69, 9.17) is 5.73 Å². The molecule has 4 aromatic carbocycles. The summed E-state index contributed by atoms with van der Waals surface area (Å²) in [6.07, 6.45) is 0.584. The molecular weight excluding hydrogens is 491 g/mol. The summed E-state index contributed by atoms with van der Waals surface area (Å²) in [6.45, 7) is 0.734. The number of para-hydroxylation sites is 3. The molecule has 0 fully saturated rings. The molecule has 0 spiro atoms. The smallest absolute Gasteiger partial charge is 0.264 e. The monoisotopic (exact) mass is 516 g/mol. The van der Waals surface area contributed by atoms with E-state index < -0.39 is 15.8 Å². The molecule has 1 amide bonds. The van der Waals surface area contributed by atoms with E-state index in [1.54, 1.807) is 36.4 Å². The van der Waals surface area contributed by atoms with Crippen LogP contribution in [0.1, 0.15) is 21.5 Å². The fraction of sp³-hybridized carbons (Fsp3) is 0.107. The summed E-state index contributed by atoms with van der Waals surface area (Å²) in [6, 6.07) is 24.7. The molecule has 0 saturated heterocycles. The first-order valence-electron chi connectivity index (χ1n) is 11.7. The second-order valence-corrected chi connectivity index (χ2v) is 10.5. The zero-order valence-electron chi connectivity index (χ0n) is 19.8. The lowest BCUT2D eigenvalue weighted by Gasteiger charge is -2.23. The normalized spacial score (nSPS) is 12.7. The Labute approximate surface area is 214 Å². The predicted octanol–water partition coefficient (Wildman–Crippen LogP) is 5.02. The summed E-state index contributed by atoms with van der Waals surface area (Å²) in [5, 5.41) is 6.14. The topological polar surface area (TPSA) is 105 Å². The zero-order chi connectivity index (χ0) is 26.0. The molecular formula is C28H25FN4O3S. The fourth-order valence-corrected chi connectivity index (χ4v) is 5.84. The molecule has 0 radical (unpaired) electrons. The Morgan fingerprint density at radius 3 is 2.32 bits per heavy atom. The number of rotatable bonds is 7. The van der Waals surface area contributed by atoms with Crippen LogP contribution in [0, 0.1) is 5.82 Å². The van der Waals surface area contributed by atoms with Gasteiger partial charge in [-0.3, -0.25) is 9.10 Å². The molecule has 0 unspecified atom stereocenters. The molecule has 1 heterocycles. The standard InChI is InChI=1S/C28H25FN4O3S/c29-22-12-14-23(15-13-22)37(35,36)33-17-16-20-4-3-7-26(27(20)33)31-18-19-8-10-21(11-9-19)28(34)32-25-6-2-1-5-24(25)30/h1-15,31H,16-18,30H2,(H,32,34). The number of fused-ring (bicyclic) bond motifs is 1. The van der Waals surface area contributed by atoms with E-state index >= 15 is 0 Å². The van der Waals surface area contributed by atoms with Gasteiger partial charge in [0, 0.05) is 18.7 Å². The van der Waals surface area contributed by atoms with Crippen LogP contribution in [0.5, 0.6) is 0 Å². The number of nitrogen functional groups attached to an aromatic ring is 1. The third kappa shape index (κ3) is 4.99. The average Bonchev–Trinajstić information content (AvgIpc) is 3.35. The van der Waals surface area contributed by atoms with Crippen LogP contribution in [-0.4, -0.2) is 20.9 Å². The maximum absolute atomic E-state index is 13.4. The molecule has 4 aromatic rings. The van der Waals surface area contributed by atoms with Crippen molar-refractivity contribution in [3.05, 3.63) is 114 Å². The Kier molecular flexibility index (Phi) is 6.54. The van der Waals surface area contributed by atoms with Crippen LogP contribution in [0.3, 0.4) is 0 Å². The average molecular weight is 517 g/mol. The number of hydrogen-bond acceptors (Lipinski definition) is 5. The lowest BCUT2D eigenvalue weighted by molar-refractivity contribution is 0.102. The molecule has 0 aromatic heterocycles. The summed E-state index contributed by atoms with van der Waals surface area (Å²) in [7, 11) is -3.85. The molecule has 188 valence electrons. The highest BCUT2D eigenvalue weighted by atomic mass is 32.2. The summed E-state index contributed by atoms with van der Waals surface area (Å²) in [5.41, 5.74) is 10.5. The lowest BCUT2D eigenvalue weighted by atomic mass is 10.1. The van der Waals surface area contributed by atoms with Gasteiger partial charge in [-0.25, -0.2) is 12.8 Å². The van der Waals surface area contributed by atoms with Crippen molar-refractivity contribution >= 4 is 38.7 Å². The number of nitrogens with two attached hydrogens (primary N) is 1. The van der Waals surface area contributed by atoms with Crippen molar-refractivity contribution in [2.24, 2.45) is 0 Å². The maximum Gasteiger partial charge on any atom is 0.264 e. The van der Waals surface area contributed by atoms with E-state index in [2.05, 4.69) is 10.6 Å². The summed E-state index contributed by atoms with van der Waals surface area (Å²) in [5.74, 6) is -0.754. The Bertz CT molecular complexity index is 1560. The van der Waals surface area contributed by atoms with Gasteiger partial charge < -0.3 is 16.4 Å². The molecule has 0 aliphatic carbocycles. The molecule has 0 saturated carbocycles. The van der Waals surface area contributed by atoms with E-state index in [-0.39, 0.29) is 10.8 Å². The Hall–Kier alpha value is -4.37. The van der Waals surface area contributed by atoms with Crippen LogP contribution in [-0.2, 0) is 23.0 Å². The van der Waals surface area contributed by atoms with Crippen molar-refractivity contribution < 1.29 is 17.6 Å². The molecule has 0 atom stereocenters. The second kappa shape index (κ2) is 9.94. The van der Waals surface area contributed by atoms with Crippen molar-refractivity contribution in [3.63, 3.8) is 0 Å². The molecule has 4 N–H and O–H groups in total. The van der Waals surface area contributed by atoms with Gasteiger partial charge in [0.2, 0.25) is 0 Å². The van der Waals surface area contributed by atoms with Crippen LogP contribution in [0.2, 0.25) is 0 Å². The van der Waals surface area contributed by atoms with E-state index in [0.29, 0.717) is 47.8 Å². The van der Waals surface area contributed by atoms with Crippen LogP contribution >= 0.6 is 0 Å². The number of hydrogen-bond donors (Lipinski definition) is 3. The van der Waals surface area contributed by atoms with Gasteiger partial charge in [-0.15, -0.1) is 0 Å². The highest BCUT2D eigenvalue weighted by Gasteiger charge is 2.32. The number of benzene rings is 4. The minimum Gasteiger partial charge on any atom is -0.397 e. The third-order valence-corrected chi connectivity index (χ3v) is 8.08. The van der Waals surface area contributed by atoms with E-state index in [0.717, 1.165) is 23.3 Å². The molecule has 1 aliphatic heterocycles. The fourth-order valence-electron chi connectivity index (χ4n) is 4.31. The Morgan fingerprint density at radius 2 is 1.59 bits per heavy atom. The number of halogens is 1. The van der Waals surface area contributed by atoms with Gasteiger partial charge in [0.05, 0.1) is 27.6 Å². The van der Waals surface area contributed by atoms with E-state index in [1.165, 1.54) is 16.4 Å². The lowest BCUT2D eigenvalue weighted by Crippen LogP contribution is -2.29. The minimum atomic E-state index is -3.85.